The second-order valence-corrected chi connectivity index (χ2v) is 5.11. The summed E-state index contributed by atoms with van der Waals surface area (Å²) in [6.07, 6.45) is -4.30. The highest BCUT2D eigenvalue weighted by atomic mass is 19.4. The van der Waals surface area contributed by atoms with Gasteiger partial charge in [-0.05, 0) is 49.7 Å². The van der Waals surface area contributed by atoms with E-state index in [1.165, 1.54) is 12.1 Å². The third-order valence-corrected chi connectivity index (χ3v) is 3.88. The van der Waals surface area contributed by atoms with E-state index in [0.29, 0.717) is 0 Å². The second kappa shape index (κ2) is 4.65. The van der Waals surface area contributed by atoms with Crippen LogP contribution in [0.25, 0.3) is 16.6 Å². The fourth-order valence-electron chi connectivity index (χ4n) is 2.66. The Labute approximate surface area is 120 Å². The molecular weight excluding hydrogens is 275 g/mol. The zero-order valence-electron chi connectivity index (χ0n) is 11.7. The van der Waals surface area contributed by atoms with Crippen molar-refractivity contribution < 1.29 is 13.2 Å². The predicted octanol–water partition coefficient (Wildman–Crippen LogP) is 5.27. The topological polar surface area (TPSA) is 4.93 Å². The lowest BCUT2D eigenvalue weighted by atomic mass is 10.2. The lowest BCUT2D eigenvalue weighted by molar-refractivity contribution is -0.137. The van der Waals surface area contributed by atoms with Gasteiger partial charge in [0.15, 0.2) is 0 Å². The molecule has 1 aromatic heterocycles. The number of hydrogen-bond acceptors (Lipinski definition) is 0. The lowest BCUT2D eigenvalue weighted by Gasteiger charge is -2.11. The van der Waals surface area contributed by atoms with Crippen molar-refractivity contribution in [2.24, 2.45) is 0 Å². The van der Waals surface area contributed by atoms with Gasteiger partial charge in [0, 0.05) is 16.8 Å². The third kappa shape index (κ3) is 2.20. The second-order valence-electron chi connectivity index (χ2n) is 5.11. The first-order chi connectivity index (χ1) is 9.89. The normalized spacial score (nSPS) is 12.0. The average molecular weight is 289 g/mol. The van der Waals surface area contributed by atoms with Crippen molar-refractivity contribution in [3.63, 3.8) is 0 Å². The van der Waals surface area contributed by atoms with E-state index in [4.69, 9.17) is 0 Å². The molecule has 108 valence electrons. The lowest BCUT2D eigenvalue weighted by Crippen LogP contribution is -2.05. The molecule has 21 heavy (non-hydrogen) atoms. The summed E-state index contributed by atoms with van der Waals surface area (Å²) >= 11 is 0. The van der Waals surface area contributed by atoms with Crippen LogP contribution in [0.2, 0.25) is 0 Å². The van der Waals surface area contributed by atoms with Gasteiger partial charge in [0.2, 0.25) is 0 Å². The number of aromatic nitrogens is 1. The molecule has 0 fully saturated rings. The maximum atomic E-state index is 12.7. The first-order valence-corrected chi connectivity index (χ1v) is 6.64. The van der Waals surface area contributed by atoms with Crippen molar-refractivity contribution in [2.45, 2.75) is 20.0 Å². The van der Waals surface area contributed by atoms with Gasteiger partial charge in [0.05, 0.1) is 11.1 Å². The van der Waals surface area contributed by atoms with Crippen molar-refractivity contribution in [1.82, 2.24) is 4.57 Å². The Bertz CT molecular complexity index is 795. The highest BCUT2D eigenvalue weighted by Gasteiger charge is 2.30. The Hall–Kier alpha value is -2.23. The highest BCUT2D eigenvalue weighted by molar-refractivity contribution is 5.87. The van der Waals surface area contributed by atoms with Crippen LogP contribution in [-0.4, -0.2) is 4.57 Å². The maximum absolute atomic E-state index is 12.7. The van der Waals surface area contributed by atoms with Crippen LogP contribution in [0, 0.1) is 13.8 Å². The van der Waals surface area contributed by atoms with E-state index in [1.807, 2.05) is 42.7 Å². The van der Waals surface area contributed by atoms with Gasteiger partial charge < -0.3 is 4.57 Å². The average Bonchev–Trinajstić information content (AvgIpc) is 2.71. The molecule has 0 N–H and O–H groups in total. The monoisotopic (exact) mass is 289 g/mol. The number of rotatable bonds is 1. The number of benzene rings is 2. The molecule has 3 rings (SSSR count). The van der Waals surface area contributed by atoms with Gasteiger partial charge in [-0.25, -0.2) is 0 Å². The fourth-order valence-corrected chi connectivity index (χ4v) is 2.66. The highest BCUT2D eigenvalue weighted by Crippen LogP contribution is 2.32. The number of hydrogen-bond donors (Lipinski definition) is 0. The summed E-state index contributed by atoms with van der Waals surface area (Å²) in [6, 6.07) is 13.2. The summed E-state index contributed by atoms with van der Waals surface area (Å²) in [5.74, 6) is 0. The summed E-state index contributed by atoms with van der Waals surface area (Å²) in [7, 11) is 0. The molecule has 0 amide bonds. The first kappa shape index (κ1) is 13.7. The number of alkyl halides is 3. The Morgan fingerprint density at radius 2 is 1.48 bits per heavy atom. The Morgan fingerprint density at radius 1 is 0.857 bits per heavy atom. The van der Waals surface area contributed by atoms with Gasteiger partial charge >= 0.3 is 6.18 Å². The van der Waals surface area contributed by atoms with Crippen molar-refractivity contribution >= 4 is 10.9 Å². The van der Waals surface area contributed by atoms with E-state index in [1.54, 1.807) is 0 Å². The number of para-hydroxylation sites is 1. The molecule has 0 bridgehead atoms. The largest absolute Gasteiger partial charge is 0.416 e. The smallest absolute Gasteiger partial charge is 0.314 e. The molecule has 0 spiro atoms. The van der Waals surface area contributed by atoms with Gasteiger partial charge in [-0.2, -0.15) is 13.2 Å². The number of aryl methyl sites for hydroxylation is 1. The van der Waals surface area contributed by atoms with Crippen LogP contribution in [0.1, 0.15) is 16.8 Å². The molecule has 1 heterocycles. The number of nitrogens with zero attached hydrogens (tertiary/aromatic N) is 1. The molecule has 0 unspecified atom stereocenters. The fraction of sp³-hybridized carbons (Fsp3) is 0.176. The summed E-state index contributed by atoms with van der Waals surface area (Å²) in [5.41, 5.74) is 3.30. The number of halogens is 3. The van der Waals surface area contributed by atoms with Crippen LogP contribution < -0.4 is 0 Å². The van der Waals surface area contributed by atoms with Gasteiger partial charge in [-0.3, -0.25) is 0 Å². The molecule has 1 nitrogen and oxygen atoms in total. The summed E-state index contributed by atoms with van der Waals surface area (Å²) in [5, 5.41) is 1.12. The van der Waals surface area contributed by atoms with E-state index < -0.39 is 11.7 Å². The van der Waals surface area contributed by atoms with Crippen LogP contribution in [0.15, 0.2) is 48.5 Å². The van der Waals surface area contributed by atoms with E-state index in [2.05, 4.69) is 0 Å². The predicted molar refractivity (Wildman–Crippen MR) is 77.8 cm³/mol. The van der Waals surface area contributed by atoms with Crippen LogP contribution in [0.5, 0.6) is 0 Å². The van der Waals surface area contributed by atoms with Crippen molar-refractivity contribution in [3.05, 3.63) is 65.4 Å². The van der Waals surface area contributed by atoms with Crippen LogP contribution in [-0.2, 0) is 6.18 Å². The SMILES string of the molecule is Cc1c(C)n(-c2ccc(C(F)(F)F)cc2)c2ccccc12. The van der Waals surface area contributed by atoms with Crippen LogP contribution in [0.3, 0.4) is 0 Å². The van der Waals surface area contributed by atoms with E-state index in [0.717, 1.165) is 40.0 Å². The Morgan fingerprint density at radius 3 is 2.10 bits per heavy atom. The molecule has 2 aromatic carbocycles. The van der Waals surface area contributed by atoms with E-state index in [-0.39, 0.29) is 0 Å². The van der Waals surface area contributed by atoms with Gasteiger partial charge in [-0.1, -0.05) is 18.2 Å². The van der Waals surface area contributed by atoms with Gasteiger partial charge in [0.1, 0.15) is 0 Å². The van der Waals surface area contributed by atoms with Gasteiger partial charge in [0.25, 0.3) is 0 Å². The van der Waals surface area contributed by atoms with Crippen LogP contribution >= 0.6 is 0 Å². The minimum Gasteiger partial charge on any atom is -0.314 e. The molecule has 0 atom stereocenters. The zero-order valence-corrected chi connectivity index (χ0v) is 11.7. The van der Waals surface area contributed by atoms with Gasteiger partial charge in [-0.15, -0.1) is 0 Å². The molecule has 0 radical (unpaired) electrons. The molecule has 0 saturated heterocycles. The molecule has 0 aliphatic rings. The van der Waals surface area contributed by atoms with Crippen molar-refractivity contribution in [1.29, 1.82) is 0 Å². The third-order valence-electron chi connectivity index (χ3n) is 3.88. The Balaban J connectivity index is 2.19. The van der Waals surface area contributed by atoms with E-state index in [9.17, 15) is 13.2 Å². The molecule has 0 aliphatic heterocycles. The van der Waals surface area contributed by atoms with Crippen LogP contribution in [0.4, 0.5) is 13.2 Å². The number of fused-ring (bicyclic) bond motifs is 1. The van der Waals surface area contributed by atoms with Crippen molar-refractivity contribution in [3.8, 4) is 5.69 Å². The maximum Gasteiger partial charge on any atom is 0.416 e. The van der Waals surface area contributed by atoms with E-state index >= 15 is 0 Å². The Kier molecular flexibility index (Phi) is 3.04. The standard InChI is InChI=1S/C17H14F3N/c1-11-12(2)21(16-6-4-3-5-15(11)16)14-9-7-13(8-10-14)17(18,19)20/h3-10H,1-2H3. The minimum atomic E-state index is -4.30. The van der Waals surface area contributed by atoms with Crippen molar-refractivity contribution in [2.75, 3.05) is 0 Å². The summed E-state index contributed by atoms with van der Waals surface area (Å²) < 4.78 is 39.9. The molecule has 4 heteroatoms. The molecular formula is C17H14F3N. The molecule has 0 aliphatic carbocycles. The minimum absolute atomic E-state index is 0.628. The first-order valence-electron chi connectivity index (χ1n) is 6.64. The molecule has 3 aromatic rings. The summed E-state index contributed by atoms with van der Waals surface area (Å²) in [6.45, 7) is 4.01. The molecule has 0 saturated carbocycles. The quantitative estimate of drug-likeness (QED) is 0.575. The zero-order chi connectivity index (χ0) is 15.2. The summed E-state index contributed by atoms with van der Waals surface area (Å²) in [4.78, 5) is 0.